The Bertz CT molecular complexity index is 1420. The third-order valence-electron chi connectivity index (χ3n) is 4.71. The van der Waals surface area contributed by atoms with Crippen LogP contribution in [-0.2, 0) is 11.3 Å². The molecule has 5 rings (SSSR count). The molecule has 2 heterocycles. The molecule has 1 amide bonds. The fraction of sp³-hybridized carbons (Fsp3) is 0.0455. The van der Waals surface area contributed by atoms with Crippen molar-refractivity contribution in [1.82, 2.24) is 9.55 Å². The molecule has 28 heavy (non-hydrogen) atoms. The molecule has 1 N–H and O–H groups in total. The summed E-state index contributed by atoms with van der Waals surface area (Å²) in [7, 11) is 0. The average molecular weight is 369 g/mol. The van der Waals surface area contributed by atoms with Crippen LogP contribution in [0, 0.1) is 0 Å². The minimum absolute atomic E-state index is 0.116. The van der Waals surface area contributed by atoms with Crippen molar-refractivity contribution in [3.05, 3.63) is 83.4 Å². The van der Waals surface area contributed by atoms with E-state index >= 15 is 0 Å². The number of fused-ring (bicyclic) bond motifs is 4. The van der Waals surface area contributed by atoms with Gasteiger partial charge in [0.2, 0.25) is 5.91 Å². The first-order chi connectivity index (χ1) is 13.7. The third-order valence-corrected chi connectivity index (χ3v) is 4.71. The molecule has 2 aromatic heterocycles. The summed E-state index contributed by atoms with van der Waals surface area (Å²) in [5.74, 6) is -0.311. The standard InChI is InChI=1S/C22H15N3O3/c26-21(12-25-13-23-18-7-3-1-6-17(18)22(25)27)24-14-9-10-16-15-5-2-4-8-19(15)28-20(16)11-14/h1-11,13H,12H2,(H,24,26). The van der Waals surface area contributed by atoms with Crippen LogP contribution in [-0.4, -0.2) is 15.5 Å². The highest BCUT2D eigenvalue weighted by Gasteiger charge is 2.11. The zero-order chi connectivity index (χ0) is 19.1. The Balaban J connectivity index is 1.42. The van der Waals surface area contributed by atoms with Gasteiger partial charge in [-0.15, -0.1) is 0 Å². The van der Waals surface area contributed by atoms with Crippen molar-refractivity contribution < 1.29 is 9.21 Å². The molecule has 3 aromatic carbocycles. The lowest BCUT2D eigenvalue weighted by atomic mass is 10.1. The molecule has 0 aliphatic rings. The van der Waals surface area contributed by atoms with E-state index in [-0.39, 0.29) is 18.0 Å². The topological polar surface area (TPSA) is 77.1 Å². The number of carbonyl (C=O) groups excluding carboxylic acids is 1. The van der Waals surface area contributed by atoms with E-state index in [4.69, 9.17) is 4.42 Å². The van der Waals surface area contributed by atoms with E-state index in [1.165, 1.54) is 10.9 Å². The number of anilines is 1. The van der Waals surface area contributed by atoms with E-state index in [2.05, 4.69) is 10.3 Å². The van der Waals surface area contributed by atoms with E-state index < -0.39 is 0 Å². The van der Waals surface area contributed by atoms with Gasteiger partial charge < -0.3 is 9.73 Å². The first kappa shape index (κ1) is 16.3. The van der Waals surface area contributed by atoms with Gasteiger partial charge in [-0.2, -0.15) is 0 Å². The molecule has 136 valence electrons. The molecule has 0 atom stereocenters. The van der Waals surface area contributed by atoms with Gasteiger partial charge in [-0.1, -0.05) is 30.3 Å². The molecule has 0 fully saturated rings. The summed E-state index contributed by atoms with van der Waals surface area (Å²) in [5.41, 5.74) is 2.48. The molecular weight excluding hydrogens is 354 g/mol. The normalized spacial score (nSPS) is 11.3. The smallest absolute Gasteiger partial charge is 0.261 e. The molecule has 0 aliphatic carbocycles. The van der Waals surface area contributed by atoms with Gasteiger partial charge in [-0.25, -0.2) is 4.98 Å². The second kappa shape index (κ2) is 6.35. The maximum atomic E-state index is 12.5. The van der Waals surface area contributed by atoms with Gasteiger partial charge in [0.15, 0.2) is 0 Å². The third kappa shape index (κ3) is 2.72. The number of para-hydroxylation sites is 2. The Morgan fingerprint density at radius 1 is 0.929 bits per heavy atom. The number of amides is 1. The zero-order valence-corrected chi connectivity index (χ0v) is 14.8. The summed E-state index contributed by atoms with van der Waals surface area (Å²) < 4.78 is 7.15. The molecule has 6 nitrogen and oxygen atoms in total. The maximum absolute atomic E-state index is 12.5. The average Bonchev–Trinajstić information content (AvgIpc) is 3.08. The summed E-state index contributed by atoms with van der Waals surface area (Å²) in [6, 6.07) is 20.4. The summed E-state index contributed by atoms with van der Waals surface area (Å²) in [6.45, 7) is -0.116. The van der Waals surface area contributed by atoms with Gasteiger partial charge in [-0.05, 0) is 30.3 Å². The molecule has 0 saturated carbocycles. The van der Waals surface area contributed by atoms with Crippen LogP contribution in [0.5, 0.6) is 0 Å². The minimum atomic E-state index is -0.311. The number of hydrogen-bond donors (Lipinski definition) is 1. The van der Waals surface area contributed by atoms with Crippen molar-refractivity contribution in [3.8, 4) is 0 Å². The second-order valence-electron chi connectivity index (χ2n) is 6.55. The summed E-state index contributed by atoms with van der Waals surface area (Å²) in [6.07, 6.45) is 1.40. The van der Waals surface area contributed by atoms with Crippen LogP contribution < -0.4 is 10.9 Å². The van der Waals surface area contributed by atoms with E-state index in [0.717, 1.165) is 16.4 Å². The lowest BCUT2D eigenvalue weighted by Crippen LogP contribution is -2.27. The van der Waals surface area contributed by atoms with E-state index in [1.807, 2.05) is 42.5 Å². The van der Waals surface area contributed by atoms with Crippen molar-refractivity contribution >= 4 is 44.4 Å². The molecular formula is C22H15N3O3. The maximum Gasteiger partial charge on any atom is 0.261 e. The first-order valence-electron chi connectivity index (χ1n) is 8.84. The zero-order valence-electron chi connectivity index (χ0n) is 14.8. The molecule has 0 saturated heterocycles. The Morgan fingerprint density at radius 2 is 1.68 bits per heavy atom. The lowest BCUT2D eigenvalue weighted by Gasteiger charge is -2.08. The lowest BCUT2D eigenvalue weighted by molar-refractivity contribution is -0.116. The van der Waals surface area contributed by atoms with E-state index in [1.54, 1.807) is 24.3 Å². The molecule has 0 aliphatic heterocycles. The van der Waals surface area contributed by atoms with Crippen molar-refractivity contribution in [1.29, 1.82) is 0 Å². The Morgan fingerprint density at radius 3 is 2.57 bits per heavy atom. The number of rotatable bonds is 3. The number of benzene rings is 3. The summed E-state index contributed by atoms with van der Waals surface area (Å²) in [4.78, 5) is 29.2. The van der Waals surface area contributed by atoms with Gasteiger partial charge in [0.1, 0.15) is 17.7 Å². The highest BCUT2D eigenvalue weighted by Crippen LogP contribution is 2.30. The fourth-order valence-corrected chi connectivity index (χ4v) is 3.38. The van der Waals surface area contributed by atoms with Crippen LogP contribution in [0.15, 0.2) is 82.3 Å². The molecule has 0 bridgehead atoms. The number of nitrogens with one attached hydrogen (secondary N) is 1. The van der Waals surface area contributed by atoms with Crippen LogP contribution in [0.25, 0.3) is 32.8 Å². The summed E-state index contributed by atoms with van der Waals surface area (Å²) in [5, 5.41) is 5.32. The molecule has 0 spiro atoms. The van der Waals surface area contributed by atoms with Crippen molar-refractivity contribution in [2.75, 3.05) is 5.32 Å². The molecule has 0 unspecified atom stereocenters. The highest BCUT2D eigenvalue weighted by molar-refractivity contribution is 6.06. The Hall–Kier alpha value is -3.93. The summed E-state index contributed by atoms with van der Waals surface area (Å²) >= 11 is 0. The van der Waals surface area contributed by atoms with E-state index in [0.29, 0.717) is 22.2 Å². The van der Waals surface area contributed by atoms with Crippen LogP contribution in [0.3, 0.4) is 0 Å². The predicted octanol–water partition coefficient (Wildman–Crippen LogP) is 3.93. The van der Waals surface area contributed by atoms with Gasteiger partial charge >= 0.3 is 0 Å². The largest absolute Gasteiger partial charge is 0.456 e. The minimum Gasteiger partial charge on any atom is -0.456 e. The number of furan rings is 1. The molecule has 6 heteroatoms. The number of carbonyl (C=O) groups is 1. The first-order valence-corrected chi connectivity index (χ1v) is 8.84. The molecule has 5 aromatic rings. The van der Waals surface area contributed by atoms with Crippen LogP contribution in [0.2, 0.25) is 0 Å². The van der Waals surface area contributed by atoms with Crippen LogP contribution in [0.4, 0.5) is 5.69 Å². The second-order valence-corrected chi connectivity index (χ2v) is 6.55. The number of nitrogens with zero attached hydrogens (tertiary/aromatic N) is 2. The van der Waals surface area contributed by atoms with Gasteiger partial charge in [0.25, 0.3) is 5.56 Å². The highest BCUT2D eigenvalue weighted by atomic mass is 16.3. The van der Waals surface area contributed by atoms with Crippen molar-refractivity contribution in [3.63, 3.8) is 0 Å². The monoisotopic (exact) mass is 369 g/mol. The van der Waals surface area contributed by atoms with Crippen LogP contribution in [0.1, 0.15) is 0 Å². The van der Waals surface area contributed by atoms with E-state index in [9.17, 15) is 9.59 Å². The van der Waals surface area contributed by atoms with Gasteiger partial charge in [-0.3, -0.25) is 14.2 Å². The number of aromatic nitrogens is 2. The quantitative estimate of drug-likeness (QED) is 0.523. The Labute approximate surface area is 159 Å². The predicted molar refractivity (Wildman–Crippen MR) is 108 cm³/mol. The van der Waals surface area contributed by atoms with Crippen LogP contribution >= 0.6 is 0 Å². The number of hydrogen-bond acceptors (Lipinski definition) is 4. The van der Waals surface area contributed by atoms with Crippen molar-refractivity contribution in [2.24, 2.45) is 0 Å². The van der Waals surface area contributed by atoms with Gasteiger partial charge in [0, 0.05) is 22.5 Å². The van der Waals surface area contributed by atoms with Gasteiger partial charge in [0.05, 0.1) is 17.2 Å². The fourth-order valence-electron chi connectivity index (χ4n) is 3.38. The Kier molecular flexibility index (Phi) is 3.69. The van der Waals surface area contributed by atoms with Crippen molar-refractivity contribution in [2.45, 2.75) is 6.54 Å². The SMILES string of the molecule is O=C(Cn1cnc2ccccc2c1=O)Nc1ccc2c(c1)oc1ccccc12. The molecule has 0 radical (unpaired) electrons.